The Hall–Kier alpha value is -3.06. The molecular weight excluding hydrogens is 386 g/mol. The molecule has 1 fully saturated rings. The van der Waals surface area contributed by atoms with Crippen LogP contribution >= 0.6 is 0 Å². The molecule has 27 heavy (non-hydrogen) atoms. The van der Waals surface area contributed by atoms with Gasteiger partial charge in [-0.05, 0) is 6.07 Å². The lowest BCUT2D eigenvalue weighted by Gasteiger charge is -2.33. The number of nitro groups is 1. The van der Waals surface area contributed by atoms with Gasteiger partial charge in [-0.3, -0.25) is 14.9 Å². The number of carbonyl (C=O) groups excluding carboxylic acids is 1. The van der Waals surface area contributed by atoms with Crippen molar-refractivity contribution in [2.75, 3.05) is 32.4 Å². The molecule has 1 aromatic carbocycles. The molecule has 2 N–H and O–H groups in total. The van der Waals surface area contributed by atoms with Gasteiger partial charge in [0.25, 0.3) is 11.6 Å². The highest BCUT2D eigenvalue weighted by atomic mass is 32.2. The molecule has 13 heteroatoms. The highest BCUT2D eigenvalue weighted by Gasteiger charge is 2.29. The number of hydrogen-bond acceptors (Lipinski definition) is 7. The molecule has 12 nitrogen and oxygen atoms in total. The number of aliphatic carboxylic acids is 2. The zero-order valence-corrected chi connectivity index (χ0v) is 15.0. The maximum atomic E-state index is 12.3. The number of rotatable bonds is 3. The Morgan fingerprint density at radius 3 is 1.93 bits per heavy atom. The van der Waals surface area contributed by atoms with Gasteiger partial charge in [0.15, 0.2) is 0 Å². The van der Waals surface area contributed by atoms with Gasteiger partial charge < -0.3 is 15.1 Å². The zero-order valence-electron chi connectivity index (χ0n) is 14.1. The van der Waals surface area contributed by atoms with E-state index in [9.17, 15) is 23.3 Å². The third-order valence-corrected chi connectivity index (χ3v) is 4.81. The second-order valence-corrected chi connectivity index (χ2v) is 7.32. The molecule has 0 saturated carbocycles. The Labute approximate surface area is 153 Å². The summed E-state index contributed by atoms with van der Waals surface area (Å²) < 4.78 is 24.1. The van der Waals surface area contributed by atoms with Crippen molar-refractivity contribution in [1.82, 2.24) is 9.21 Å². The van der Waals surface area contributed by atoms with Crippen LogP contribution in [0, 0.1) is 10.1 Å². The summed E-state index contributed by atoms with van der Waals surface area (Å²) in [7, 11) is -3.27. The maximum Gasteiger partial charge on any atom is 0.414 e. The average molecular weight is 403 g/mol. The number of amides is 1. The normalized spacial score (nSPS) is 14.6. The van der Waals surface area contributed by atoms with Crippen LogP contribution in [0.3, 0.4) is 0 Å². The molecule has 0 aromatic heterocycles. The zero-order chi connectivity index (χ0) is 20.8. The molecule has 0 atom stereocenters. The number of hydrogen-bond donors (Lipinski definition) is 2. The Morgan fingerprint density at radius 2 is 1.52 bits per heavy atom. The van der Waals surface area contributed by atoms with E-state index in [1.807, 2.05) is 0 Å². The molecule has 0 unspecified atom stereocenters. The minimum atomic E-state index is -3.27. The molecule has 1 aromatic rings. The van der Waals surface area contributed by atoms with Gasteiger partial charge in [-0.25, -0.2) is 18.0 Å². The van der Waals surface area contributed by atoms with Gasteiger partial charge in [-0.15, -0.1) is 0 Å². The number of sulfonamides is 1. The first-order chi connectivity index (χ1) is 12.4. The fraction of sp³-hybridized carbons (Fsp3) is 0.357. The van der Waals surface area contributed by atoms with Crippen molar-refractivity contribution >= 4 is 33.6 Å². The first-order valence-electron chi connectivity index (χ1n) is 7.39. The van der Waals surface area contributed by atoms with E-state index >= 15 is 0 Å². The van der Waals surface area contributed by atoms with Gasteiger partial charge in [0.05, 0.1) is 11.2 Å². The van der Waals surface area contributed by atoms with Crippen molar-refractivity contribution in [1.29, 1.82) is 0 Å². The number of piperazine rings is 1. The average Bonchev–Trinajstić information content (AvgIpc) is 2.61. The summed E-state index contributed by atoms with van der Waals surface area (Å²) in [6, 6.07) is 5.74. The van der Waals surface area contributed by atoms with E-state index in [0.29, 0.717) is 0 Å². The molecule has 1 aliphatic heterocycles. The number of nitrogens with zero attached hydrogens (tertiary/aromatic N) is 3. The van der Waals surface area contributed by atoms with Crippen LogP contribution in [0.4, 0.5) is 5.69 Å². The Morgan fingerprint density at radius 1 is 1.04 bits per heavy atom. The van der Waals surface area contributed by atoms with Crippen molar-refractivity contribution < 1.29 is 37.9 Å². The molecule has 2 rings (SSSR count). The smallest absolute Gasteiger partial charge is 0.414 e. The summed E-state index contributed by atoms with van der Waals surface area (Å²) in [6.07, 6.45) is 1.12. The summed E-state index contributed by atoms with van der Waals surface area (Å²) >= 11 is 0. The number of nitro benzene ring substituents is 1. The summed E-state index contributed by atoms with van der Waals surface area (Å²) in [5, 5.41) is 25.7. The minimum Gasteiger partial charge on any atom is -0.473 e. The third-order valence-electron chi connectivity index (χ3n) is 3.51. The van der Waals surface area contributed by atoms with E-state index < -0.39 is 32.8 Å². The molecule has 0 bridgehead atoms. The minimum absolute atomic E-state index is 0.0234. The first kappa shape index (κ1) is 22.0. The second kappa shape index (κ2) is 9.05. The van der Waals surface area contributed by atoms with Crippen LogP contribution in [-0.4, -0.2) is 83.0 Å². The molecule has 1 aliphatic rings. The van der Waals surface area contributed by atoms with Crippen LogP contribution in [0.25, 0.3) is 0 Å². The lowest BCUT2D eigenvalue weighted by Crippen LogP contribution is -2.50. The lowest BCUT2D eigenvalue weighted by molar-refractivity contribution is -0.385. The molecule has 0 spiro atoms. The van der Waals surface area contributed by atoms with Gasteiger partial charge in [-0.1, -0.05) is 12.1 Å². The number of carboxylic acids is 2. The van der Waals surface area contributed by atoms with E-state index in [0.717, 1.165) is 6.26 Å². The second-order valence-electron chi connectivity index (χ2n) is 5.34. The summed E-state index contributed by atoms with van der Waals surface area (Å²) in [5.41, 5.74) is -0.219. The molecular formula is C14H17N3O9S. The highest BCUT2D eigenvalue weighted by Crippen LogP contribution is 2.20. The topological polar surface area (TPSA) is 175 Å². The Kier molecular flexibility index (Phi) is 7.36. The van der Waals surface area contributed by atoms with Crippen molar-refractivity contribution in [3.63, 3.8) is 0 Å². The van der Waals surface area contributed by atoms with Crippen molar-refractivity contribution in [2.24, 2.45) is 0 Å². The van der Waals surface area contributed by atoms with Gasteiger partial charge in [0.1, 0.15) is 5.56 Å². The monoisotopic (exact) mass is 403 g/mol. The van der Waals surface area contributed by atoms with E-state index in [2.05, 4.69) is 0 Å². The molecule has 1 amide bonds. The lowest BCUT2D eigenvalue weighted by atomic mass is 10.1. The van der Waals surface area contributed by atoms with Crippen molar-refractivity contribution in [2.45, 2.75) is 0 Å². The van der Waals surface area contributed by atoms with Gasteiger partial charge in [-0.2, -0.15) is 4.31 Å². The van der Waals surface area contributed by atoms with Crippen LogP contribution in [0.15, 0.2) is 24.3 Å². The number of carboxylic acid groups (broad SMARTS) is 2. The molecule has 148 valence electrons. The van der Waals surface area contributed by atoms with Crippen LogP contribution in [-0.2, 0) is 19.6 Å². The van der Waals surface area contributed by atoms with E-state index in [1.54, 1.807) is 6.07 Å². The largest absolute Gasteiger partial charge is 0.473 e. The van der Waals surface area contributed by atoms with E-state index in [-0.39, 0.29) is 37.4 Å². The van der Waals surface area contributed by atoms with Crippen LogP contribution in [0.1, 0.15) is 10.4 Å². The number of benzene rings is 1. The first-order valence-corrected chi connectivity index (χ1v) is 9.24. The maximum absolute atomic E-state index is 12.3. The number of carbonyl (C=O) groups is 3. The Balaban J connectivity index is 0.000000527. The molecule has 0 radical (unpaired) electrons. The summed E-state index contributed by atoms with van der Waals surface area (Å²) in [5.74, 6) is -4.10. The summed E-state index contributed by atoms with van der Waals surface area (Å²) in [6.45, 7) is 0.840. The van der Waals surface area contributed by atoms with Crippen molar-refractivity contribution in [3.05, 3.63) is 39.9 Å². The SMILES string of the molecule is CS(=O)(=O)N1CCN(C(=O)c2ccccc2[N+](=O)[O-])CC1.O=C(O)C(=O)O. The van der Waals surface area contributed by atoms with Gasteiger partial charge in [0.2, 0.25) is 10.0 Å². The standard InChI is InChI=1S/C12H15N3O5S.C2H2O4/c1-21(19,20)14-8-6-13(7-9-14)12(16)10-4-2-3-5-11(10)15(17)18;3-1(4)2(5)6/h2-5H,6-9H2,1H3;(H,3,4)(H,5,6). The van der Waals surface area contributed by atoms with Crippen molar-refractivity contribution in [3.8, 4) is 0 Å². The number of para-hydroxylation sites is 1. The summed E-state index contributed by atoms with van der Waals surface area (Å²) in [4.78, 5) is 42.3. The van der Waals surface area contributed by atoms with E-state index in [4.69, 9.17) is 19.8 Å². The van der Waals surface area contributed by atoms with E-state index in [1.165, 1.54) is 27.4 Å². The fourth-order valence-electron chi connectivity index (χ4n) is 2.21. The Bertz CT molecular complexity index is 833. The predicted octanol–water partition coefficient (Wildman–Crippen LogP) is -0.532. The van der Waals surface area contributed by atoms with Crippen LogP contribution in [0.2, 0.25) is 0 Å². The molecule has 0 aliphatic carbocycles. The van der Waals surface area contributed by atoms with Crippen LogP contribution < -0.4 is 0 Å². The molecule has 1 saturated heterocycles. The fourth-order valence-corrected chi connectivity index (χ4v) is 3.03. The van der Waals surface area contributed by atoms with Crippen LogP contribution in [0.5, 0.6) is 0 Å². The quantitative estimate of drug-likeness (QED) is 0.381. The predicted molar refractivity (Wildman–Crippen MR) is 90.7 cm³/mol. The highest BCUT2D eigenvalue weighted by molar-refractivity contribution is 7.88. The molecule has 1 heterocycles. The third kappa shape index (κ3) is 6.31. The van der Waals surface area contributed by atoms with Gasteiger partial charge >= 0.3 is 11.9 Å². The van der Waals surface area contributed by atoms with Gasteiger partial charge in [0, 0.05) is 32.2 Å².